The lowest BCUT2D eigenvalue weighted by molar-refractivity contribution is -0.150. The summed E-state index contributed by atoms with van der Waals surface area (Å²) in [5, 5.41) is 13.1. The molecule has 204 valence electrons. The highest BCUT2D eigenvalue weighted by molar-refractivity contribution is 6.55. The lowest BCUT2D eigenvalue weighted by atomic mass is 9.77. The molecule has 0 atom stereocenters. The van der Waals surface area contributed by atoms with Crippen molar-refractivity contribution in [2.24, 2.45) is 5.92 Å². The van der Waals surface area contributed by atoms with Crippen LogP contribution < -0.4 is 0 Å². The third-order valence-electron chi connectivity index (χ3n) is 6.89. The van der Waals surface area contributed by atoms with Crippen molar-refractivity contribution in [2.45, 2.75) is 70.1 Å². The van der Waals surface area contributed by atoms with Gasteiger partial charge in [0.15, 0.2) is 5.82 Å². The molecule has 0 unspecified atom stereocenters. The molecule has 0 radical (unpaired) electrons. The van der Waals surface area contributed by atoms with Crippen LogP contribution in [0.15, 0.2) is 42.6 Å². The Morgan fingerprint density at radius 1 is 1.08 bits per heavy atom. The molecule has 0 bridgehead atoms. The molecule has 2 heterocycles. The van der Waals surface area contributed by atoms with Crippen molar-refractivity contribution in [1.82, 2.24) is 19.7 Å². The number of nitrogens with zero attached hydrogens (tertiary/aromatic N) is 4. The summed E-state index contributed by atoms with van der Waals surface area (Å²) in [6.45, 7) is 4.31. The summed E-state index contributed by atoms with van der Waals surface area (Å²) in [5.41, 5.74) is 3.21. The Hall–Kier alpha value is -3.05. The van der Waals surface area contributed by atoms with Crippen molar-refractivity contribution in [1.29, 1.82) is 0 Å². The Labute approximate surface area is 221 Å². The Bertz CT molecular complexity index is 1210. The summed E-state index contributed by atoms with van der Waals surface area (Å²) in [4.78, 5) is 19.1. The van der Waals surface area contributed by atoms with Crippen LogP contribution >= 0.6 is 0 Å². The second kappa shape index (κ2) is 12.2. The van der Waals surface area contributed by atoms with Gasteiger partial charge in [0.25, 0.3) is 0 Å². The van der Waals surface area contributed by atoms with Gasteiger partial charge < -0.3 is 9.84 Å². The van der Waals surface area contributed by atoms with Crippen molar-refractivity contribution in [3.05, 3.63) is 54.0 Å². The molecule has 1 aliphatic rings. The average Bonchev–Trinajstić information content (AvgIpc) is 3.32. The molecule has 1 aliphatic carbocycles. The molecule has 1 aromatic carbocycles. The molecular weight excluding hydrogens is 513 g/mol. The number of halogens is 3. The van der Waals surface area contributed by atoms with Crippen LogP contribution in [0.2, 0.25) is 19.1 Å². The number of hydrogen-bond acceptors (Lipinski definition) is 5. The van der Waals surface area contributed by atoms with Gasteiger partial charge in [-0.2, -0.15) is 32.3 Å². The summed E-state index contributed by atoms with van der Waals surface area (Å²) in [6.07, 6.45) is 0.884. The zero-order chi connectivity index (χ0) is 27.3. The maximum Gasteiger partial charge on any atom is 0.451 e. The summed E-state index contributed by atoms with van der Waals surface area (Å²) < 4.78 is 46.7. The van der Waals surface area contributed by atoms with E-state index in [1.54, 1.807) is 12.1 Å². The molecule has 4 rings (SSSR count). The fourth-order valence-corrected chi connectivity index (χ4v) is 5.31. The van der Waals surface area contributed by atoms with Crippen LogP contribution in [0, 0.1) is 5.92 Å². The Kier molecular flexibility index (Phi) is 8.98. The highest BCUT2D eigenvalue weighted by atomic mass is 28.3. The number of hydrogen-bond donors (Lipinski definition) is 1. The standard InChI is InChI=1S/C27H32F3N4O3Si/c1-38(2)14-13-37-17-34-26(27(28,29)30)32-25(33-34)22-11-12-23(31-16-22)21-9-7-20(8-10-21)19-5-3-18(4-6-19)15-24(35)36/h7-12,16,18-19H,3-6,13-15,17H2,1-2H3,(H,35,36)/q-1. The minimum absolute atomic E-state index is 0.0513. The van der Waals surface area contributed by atoms with Gasteiger partial charge in [0.1, 0.15) is 6.73 Å². The van der Waals surface area contributed by atoms with Crippen molar-refractivity contribution in [2.75, 3.05) is 6.61 Å². The lowest BCUT2D eigenvalue weighted by Crippen LogP contribution is -2.18. The number of ether oxygens (including phenoxy) is 1. The van der Waals surface area contributed by atoms with Gasteiger partial charge >= 0.3 is 12.1 Å². The van der Waals surface area contributed by atoms with Crippen LogP contribution in [0.3, 0.4) is 0 Å². The summed E-state index contributed by atoms with van der Waals surface area (Å²) in [5.74, 6) is -1.19. The molecule has 0 aliphatic heterocycles. The molecular formula is C27H32F3N4O3Si-. The number of pyridine rings is 1. The fraction of sp³-hybridized carbons (Fsp3) is 0.481. The van der Waals surface area contributed by atoms with E-state index in [0.717, 1.165) is 42.0 Å². The number of alkyl halides is 3. The van der Waals surface area contributed by atoms with Gasteiger partial charge in [-0.05, 0) is 55.2 Å². The van der Waals surface area contributed by atoms with E-state index >= 15 is 0 Å². The van der Waals surface area contributed by atoms with Gasteiger partial charge in [-0.3, -0.25) is 18.6 Å². The summed E-state index contributed by atoms with van der Waals surface area (Å²) in [7, 11) is -0.523. The van der Waals surface area contributed by atoms with Crippen LogP contribution in [0.1, 0.15) is 49.4 Å². The van der Waals surface area contributed by atoms with Gasteiger partial charge in [-0.1, -0.05) is 24.3 Å². The minimum Gasteiger partial charge on any atom is -0.481 e. The number of carboxylic acid groups (broad SMARTS) is 1. The van der Waals surface area contributed by atoms with E-state index < -0.39 is 26.8 Å². The third-order valence-corrected chi connectivity index (χ3v) is 8.10. The highest BCUT2D eigenvalue weighted by Crippen LogP contribution is 2.37. The lowest BCUT2D eigenvalue weighted by Gasteiger charge is -2.28. The molecule has 0 saturated heterocycles. The van der Waals surface area contributed by atoms with E-state index in [2.05, 4.69) is 40.3 Å². The Morgan fingerprint density at radius 2 is 1.76 bits per heavy atom. The smallest absolute Gasteiger partial charge is 0.451 e. The van der Waals surface area contributed by atoms with Gasteiger partial charge in [-0.15, -0.1) is 5.10 Å². The molecule has 0 amide bonds. The molecule has 1 saturated carbocycles. The number of carbonyl (C=O) groups is 1. The van der Waals surface area contributed by atoms with E-state index in [1.165, 1.54) is 11.8 Å². The molecule has 7 nitrogen and oxygen atoms in total. The first-order valence-electron chi connectivity index (χ1n) is 12.8. The number of rotatable bonds is 10. The normalized spacial score (nSPS) is 18.2. The predicted molar refractivity (Wildman–Crippen MR) is 139 cm³/mol. The van der Waals surface area contributed by atoms with Crippen molar-refractivity contribution < 1.29 is 27.8 Å². The molecule has 38 heavy (non-hydrogen) atoms. The third kappa shape index (κ3) is 7.28. The SMILES string of the molecule is C[Si-](C)CCOCn1nc(-c2ccc(-c3ccc(C4CCC(CC(=O)O)CC4)cc3)nc2)nc1C(F)(F)F. The van der Waals surface area contributed by atoms with E-state index in [1.807, 2.05) is 12.1 Å². The molecule has 3 aromatic rings. The number of aliphatic carboxylic acids is 1. The Morgan fingerprint density at radius 3 is 2.34 bits per heavy atom. The van der Waals surface area contributed by atoms with Crippen molar-refractivity contribution in [3.63, 3.8) is 0 Å². The van der Waals surface area contributed by atoms with E-state index in [9.17, 15) is 18.0 Å². The van der Waals surface area contributed by atoms with Crippen LogP contribution in [0.5, 0.6) is 0 Å². The predicted octanol–water partition coefficient (Wildman–Crippen LogP) is 6.50. The second-order valence-corrected chi connectivity index (χ2v) is 13.0. The van der Waals surface area contributed by atoms with E-state index in [-0.39, 0.29) is 24.9 Å². The van der Waals surface area contributed by atoms with Crippen LogP contribution in [0.4, 0.5) is 13.2 Å². The molecule has 1 N–H and O–H groups in total. The maximum atomic E-state index is 13.5. The largest absolute Gasteiger partial charge is 0.481 e. The van der Waals surface area contributed by atoms with Gasteiger partial charge in [0.2, 0.25) is 5.82 Å². The first-order valence-corrected chi connectivity index (χ1v) is 15.5. The van der Waals surface area contributed by atoms with Gasteiger partial charge in [-0.25, -0.2) is 9.67 Å². The Balaban J connectivity index is 1.42. The number of aromatic nitrogens is 4. The highest BCUT2D eigenvalue weighted by Gasteiger charge is 2.38. The van der Waals surface area contributed by atoms with Crippen molar-refractivity contribution in [3.8, 4) is 22.6 Å². The summed E-state index contributed by atoms with van der Waals surface area (Å²) >= 11 is 0. The second-order valence-electron chi connectivity index (χ2n) is 10.1. The monoisotopic (exact) mass is 545 g/mol. The minimum atomic E-state index is -4.65. The zero-order valence-electron chi connectivity index (χ0n) is 21.5. The van der Waals surface area contributed by atoms with Crippen LogP contribution in [-0.2, 0) is 22.4 Å². The van der Waals surface area contributed by atoms with Gasteiger partial charge in [0.05, 0.1) is 5.69 Å². The summed E-state index contributed by atoms with van der Waals surface area (Å²) in [6, 6.07) is 12.4. The molecule has 2 aromatic heterocycles. The topological polar surface area (TPSA) is 90.1 Å². The first-order chi connectivity index (χ1) is 18.1. The molecule has 1 fully saturated rings. The average molecular weight is 546 g/mol. The van der Waals surface area contributed by atoms with E-state index in [4.69, 9.17) is 9.84 Å². The van der Waals surface area contributed by atoms with Crippen LogP contribution in [-0.4, -0.2) is 46.2 Å². The number of benzene rings is 1. The quantitative estimate of drug-likeness (QED) is 0.231. The van der Waals surface area contributed by atoms with E-state index in [0.29, 0.717) is 23.8 Å². The number of carboxylic acids is 1. The molecule has 0 spiro atoms. The maximum absolute atomic E-state index is 13.5. The van der Waals surface area contributed by atoms with Gasteiger partial charge in [0, 0.05) is 30.4 Å². The van der Waals surface area contributed by atoms with Crippen LogP contribution in [0.25, 0.3) is 22.6 Å². The first kappa shape index (κ1) is 28.0. The molecule has 11 heteroatoms. The fourth-order valence-electron chi connectivity index (χ4n) is 4.76. The zero-order valence-corrected chi connectivity index (χ0v) is 22.5. The van der Waals surface area contributed by atoms with Crippen molar-refractivity contribution >= 4 is 14.8 Å².